The number of carboxylic acids is 1. The van der Waals surface area contributed by atoms with Gasteiger partial charge in [-0.05, 0) is 43.4 Å². The lowest BCUT2D eigenvalue weighted by Crippen LogP contribution is -2.50. The number of carboxylic acid groups (broad SMARTS) is 1. The van der Waals surface area contributed by atoms with Crippen LogP contribution in [0.15, 0.2) is 52.1 Å². The summed E-state index contributed by atoms with van der Waals surface area (Å²) in [5.74, 6) is -2.06. The third kappa shape index (κ3) is 3.31. The summed E-state index contributed by atoms with van der Waals surface area (Å²) in [7, 11) is 0. The van der Waals surface area contributed by atoms with Gasteiger partial charge in [0.15, 0.2) is 5.41 Å². The van der Waals surface area contributed by atoms with E-state index in [0.717, 1.165) is 10.5 Å². The zero-order valence-corrected chi connectivity index (χ0v) is 17.5. The number of hydrogen-bond acceptors (Lipinski definition) is 6. The van der Waals surface area contributed by atoms with Crippen LogP contribution < -0.4 is 5.73 Å². The van der Waals surface area contributed by atoms with Crippen LogP contribution >= 0.6 is 11.8 Å². The van der Waals surface area contributed by atoms with Gasteiger partial charge in [-0.3, -0.25) is 4.90 Å². The van der Waals surface area contributed by atoms with Crippen molar-refractivity contribution >= 4 is 17.7 Å². The molecule has 1 heterocycles. The van der Waals surface area contributed by atoms with E-state index in [0.29, 0.717) is 18.7 Å². The van der Waals surface area contributed by atoms with Crippen LogP contribution in [0.1, 0.15) is 25.3 Å². The number of benzene rings is 1. The summed E-state index contributed by atoms with van der Waals surface area (Å²) in [6.07, 6.45) is 3.87. The van der Waals surface area contributed by atoms with Crippen LogP contribution in [-0.4, -0.2) is 41.4 Å². The minimum absolute atomic E-state index is 0.0847. The molecule has 29 heavy (non-hydrogen) atoms. The predicted octanol–water partition coefficient (Wildman–Crippen LogP) is 3.10. The Morgan fingerprint density at radius 3 is 2.41 bits per heavy atom. The van der Waals surface area contributed by atoms with Gasteiger partial charge in [0, 0.05) is 35.9 Å². The number of rotatable bonds is 4. The van der Waals surface area contributed by atoms with Gasteiger partial charge in [0.25, 0.3) is 0 Å². The highest BCUT2D eigenvalue weighted by molar-refractivity contribution is 7.98. The SMILES string of the molecule is CSc1ccc([C@@H]2[C@@H]3CN(C(C)C)CC=C3C(C(=O)O)=C(N)C2(C#N)C#N)cc1. The molecule has 1 aliphatic carbocycles. The van der Waals surface area contributed by atoms with E-state index in [2.05, 4.69) is 30.9 Å². The second-order valence-corrected chi connectivity index (χ2v) is 8.57. The molecule has 1 aliphatic heterocycles. The molecule has 0 spiro atoms. The highest BCUT2D eigenvalue weighted by atomic mass is 32.2. The summed E-state index contributed by atoms with van der Waals surface area (Å²) >= 11 is 1.61. The first kappa shape index (κ1) is 21.0. The monoisotopic (exact) mass is 408 g/mol. The normalized spacial score (nSPS) is 23.7. The minimum Gasteiger partial charge on any atom is -0.478 e. The van der Waals surface area contributed by atoms with Gasteiger partial charge in [-0.25, -0.2) is 4.79 Å². The molecule has 1 aromatic carbocycles. The van der Waals surface area contributed by atoms with Gasteiger partial charge in [-0.15, -0.1) is 11.8 Å². The lowest BCUT2D eigenvalue weighted by atomic mass is 9.58. The van der Waals surface area contributed by atoms with E-state index in [1.54, 1.807) is 11.8 Å². The van der Waals surface area contributed by atoms with Crippen LogP contribution in [0.25, 0.3) is 0 Å². The third-order valence-electron chi connectivity index (χ3n) is 6.00. The van der Waals surface area contributed by atoms with E-state index in [9.17, 15) is 20.4 Å². The second kappa shape index (κ2) is 7.94. The summed E-state index contributed by atoms with van der Waals surface area (Å²) in [4.78, 5) is 15.4. The summed E-state index contributed by atoms with van der Waals surface area (Å²) in [5.41, 5.74) is 5.73. The van der Waals surface area contributed by atoms with E-state index in [1.807, 2.05) is 36.6 Å². The number of hydrogen-bond donors (Lipinski definition) is 2. The predicted molar refractivity (Wildman–Crippen MR) is 112 cm³/mol. The molecule has 0 bridgehead atoms. The van der Waals surface area contributed by atoms with Crippen LogP contribution in [0, 0.1) is 34.0 Å². The molecule has 3 N–H and O–H groups in total. The average molecular weight is 409 g/mol. The van der Waals surface area contributed by atoms with E-state index in [1.165, 1.54) is 0 Å². The van der Waals surface area contributed by atoms with Crippen LogP contribution in [0.4, 0.5) is 0 Å². The molecule has 0 radical (unpaired) electrons. The lowest BCUT2D eigenvalue weighted by molar-refractivity contribution is -0.132. The number of allylic oxidation sites excluding steroid dienone is 1. The standard InChI is InChI=1S/C22H24N4O2S/c1-13(2)26-9-8-16-17(10-26)19(14-4-6-15(29-3)7-5-14)22(11-23,12-24)20(25)18(16)21(27)28/h4-8,13,17,19H,9-10,25H2,1-3H3,(H,27,28)/t17-,19-/m1/s1. The molecule has 7 heteroatoms. The number of thioether (sulfide) groups is 1. The smallest absolute Gasteiger partial charge is 0.337 e. The maximum absolute atomic E-state index is 12.1. The molecular formula is C22H24N4O2S. The van der Waals surface area contributed by atoms with Crippen LogP contribution in [0.5, 0.6) is 0 Å². The van der Waals surface area contributed by atoms with Crippen molar-refractivity contribution in [3.8, 4) is 12.1 Å². The summed E-state index contributed by atoms with van der Waals surface area (Å²) < 4.78 is 0. The molecular weight excluding hydrogens is 384 g/mol. The fraction of sp³-hybridized carbons (Fsp3) is 0.409. The molecule has 0 saturated carbocycles. The first-order valence-electron chi connectivity index (χ1n) is 9.45. The number of carbonyl (C=O) groups is 1. The fourth-order valence-corrected chi connectivity index (χ4v) is 4.83. The number of nitrogens with zero attached hydrogens (tertiary/aromatic N) is 3. The number of nitriles is 2. The second-order valence-electron chi connectivity index (χ2n) is 7.69. The summed E-state index contributed by atoms with van der Waals surface area (Å²) in [5, 5.41) is 30.0. The Morgan fingerprint density at radius 2 is 1.93 bits per heavy atom. The van der Waals surface area contributed by atoms with Gasteiger partial charge in [-0.2, -0.15) is 10.5 Å². The van der Waals surface area contributed by atoms with Crippen molar-refractivity contribution in [3.05, 3.63) is 52.7 Å². The quantitative estimate of drug-likeness (QED) is 0.736. The van der Waals surface area contributed by atoms with Crippen molar-refractivity contribution in [2.45, 2.75) is 30.7 Å². The molecule has 150 valence electrons. The molecule has 0 unspecified atom stereocenters. The van der Waals surface area contributed by atoms with Crippen molar-refractivity contribution in [2.24, 2.45) is 17.1 Å². The fourth-order valence-electron chi connectivity index (χ4n) is 4.43. The number of aliphatic carboxylic acids is 1. The van der Waals surface area contributed by atoms with Gasteiger partial charge in [-0.1, -0.05) is 18.2 Å². The summed E-state index contributed by atoms with van der Waals surface area (Å²) in [6, 6.07) is 12.2. The Bertz CT molecular complexity index is 952. The molecule has 0 aromatic heterocycles. The Morgan fingerprint density at radius 1 is 1.31 bits per heavy atom. The van der Waals surface area contributed by atoms with Crippen molar-refractivity contribution in [3.63, 3.8) is 0 Å². The zero-order valence-electron chi connectivity index (χ0n) is 16.7. The van der Waals surface area contributed by atoms with Crippen LogP contribution in [0.3, 0.4) is 0 Å². The highest BCUT2D eigenvalue weighted by Crippen LogP contribution is 2.54. The molecule has 0 amide bonds. The molecule has 0 saturated heterocycles. The van der Waals surface area contributed by atoms with Gasteiger partial charge < -0.3 is 10.8 Å². The van der Waals surface area contributed by atoms with Gasteiger partial charge in [0.05, 0.1) is 23.4 Å². The Balaban J connectivity index is 2.29. The third-order valence-corrected chi connectivity index (χ3v) is 6.74. The molecule has 2 atom stereocenters. The van der Waals surface area contributed by atoms with Crippen molar-refractivity contribution in [2.75, 3.05) is 19.3 Å². The zero-order chi connectivity index (χ0) is 21.3. The van der Waals surface area contributed by atoms with E-state index in [4.69, 9.17) is 5.73 Å². The van der Waals surface area contributed by atoms with Crippen molar-refractivity contribution in [1.29, 1.82) is 10.5 Å². The lowest BCUT2D eigenvalue weighted by Gasteiger charge is -2.46. The van der Waals surface area contributed by atoms with Gasteiger partial charge in [0.1, 0.15) is 0 Å². The molecule has 6 nitrogen and oxygen atoms in total. The van der Waals surface area contributed by atoms with Crippen molar-refractivity contribution < 1.29 is 9.90 Å². The molecule has 0 fully saturated rings. The topological polar surface area (TPSA) is 114 Å². The van der Waals surface area contributed by atoms with Crippen LogP contribution in [0.2, 0.25) is 0 Å². The van der Waals surface area contributed by atoms with Gasteiger partial charge in [0.2, 0.25) is 0 Å². The van der Waals surface area contributed by atoms with E-state index < -0.39 is 17.3 Å². The Kier molecular flexibility index (Phi) is 5.75. The molecule has 2 aliphatic rings. The minimum atomic E-state index is -1.74. The Labute approximate surface area is 175 Å². The number of nitrogens with two attached hydrogens (primary N) is 1. The maximum Gasteiger partial charge on any atom is 0.337 e. The van der Waals surface area contributed by atoms with E-state index >= 15 is 0 Å². The number of fused-ring (bicyclic) bond motifs is 1. The molecule has 1 aromatic rings. The van der Waals surface area contributed by atoms with Crippen molar-refractivity contribution in [1.82, 2.24) is 4.90 Å². The average Bonchev–Trinajstić information content (AvgIpc) is 2.72. The highest BCUT2D eigenvalue weighted by Gasteiger charge is 2.55. The van der Waals surface area contributed by atoms with E-state index in [-0.39, 0.29) is 23.2 Å². The first-order chi connectivity index (χ1) is 13.8. The first-order valence-corrected chi connectivity index (χ1v) is 10.7. The summed E-state index contributed by atoms with van der Waals surface area (Å²) in [6.45, 7) is 5.33. The molecule has 3 rings (SSSR count). The maximum atomic E-state index is 12.1. The Hall–Kier alpha value is -2.74. The van der Waals surface area contributed by atoms with Crippen LogP contribution in [-0.2, 0) is 4.79 Å². The van der Waals surface area contributed by atoms with Gasteiger partial charge >= 0.3 is 5.97 Å². The largest absolute Gasteiger partial charge is 0.478 e.